The number of aromatic nitrogens is 2. The number of hydrogen-bond donors (Lipinski definition) is 1. The zero-order valence-electron chi connectivity index (χ0n) is 17.8. The number of benzene rings is 1. The van der Waals surface area contributed by atoms with E-state index < -0.39 is 0 Å². The molecule has 0 aliphatic carbocycles. The third-order valence-corrected chi connectivity index (χ3v) is 6.71. The van der Waals surface area contributed by atoms with Crippen LogP contribution in [0.2, 0.25) is 0 Å². The van der Waals surface area contributed by atoms with Crippen LogP contribution in [0.4, 0.5) is 10.6 Å². The van der Waals surface area contributed by atoms with Crippen LogP contribution >= 0.6 is 0 Å². The monoisotopic (exact) mass is 424 g/mol. The van der Waals surface area contributed by atoms with Crippen molar-refractivity contribution in [1.82, 2.24) is 14.9 Å². The number of likely N-dealkylation sites (tertiary alicyclic amines) is 1. The summed E-state index contributed by atoms with van der Waals surface area (Å²) in [6.07, 6.45) is 10.2. The number of allylic oxidation sites excluding steroid dienone is 1. The van der Waals surface area contributed by atoms with E-state index in [1.807, 2.05) is 23.1 Å². The highest BCUT2D eigenvalue weighted by atomic mass is 16.5. The van der Waals surface area contributed by atoms with Gasteiger partial charge in [-0.15, -0.1) is 0 Å². The second-order valence-electron chi connectivity index (χ2n) is 8.60. The molecule has 1 spiro atoms. The fourth-order valence-corrected chi connectivity index (χ4v) is 4.85. The Morgan fingerprint density at radius 1 is 1.26 bits per heavy atom. The summed E-state index contributed by atoms with van der Waals surface area (Å²) in [5.41, 5.74) is 2.54. The van der Waals surface area contributed by atoms with Gasteiger partial charge in [0.1, 0.15) is 17.4 Å². The first-order valence-corrected chi connectivity index (χ1v) is 11.0. The van der Waals surface area contributed by atoms with E-state index in [4.69, 9.17) is 14.2 Å². The number of rotatable bonds is 3. The van der Waals surface area contributed by atoms with Crippen molar-refractivity contribution in [3.05, 3.63) is 36.2 Å². The molecule has 1 aromatic heterocycles. The molecule has 1 unspecified atom stereocenters. The Labute approximate surface area is 181 Å². The Bertz CT molecular complexity index is 1000. The normalized spacial score (nSPS) is 22.5. The molecule has 1 N–H and O–H groups in total. The molecule has 164 valence electrons. The van der Waals surface area contributed by atoms with Crippen molar-refractivity contribution in [2.45, 2.75) is 38.2 Å². The number of fused-ring (bicyclic) bond motifs is 1. The number of ether oxygens (including phenoxy) is 3. The molecule has 2 saturated heterocycles. The average Bonchev–Trinajstić information content (AvgIpc) is 3.22. The Morgan fingerprint density at radius 3 is 2.90 bits per heavy atom. The van der Waals surface area contributed by atoms with Crippen LogP contribution in [0.25, 0.3) is 11.0 Å². The van der Waals surface area contributed by atoms with E-state index in [-0.39, 0.29) is 17.6 Å². The number of nitrogens with zero attached hydrogens (tertiary/aromatic N) is 3. The summed E-state index contributed by atoms with van der Waals surface area (Å²) in [5, 5.41) is 2.93. The molecule has 3 aliphatic heterocycles. The predicted molar refractivity (Wildman–Crippen MR) is 116 cm³/mol. The highest BCUT2D eigenvalue weighted by Crippen LogP contribution is 2.40. The van der Waals surface area contributed by atoms with E-state index in [0.717, 1.165) is 69.5 Å². The van der Waals surface area contributed by atoms with Gasteiger partial charge in [-0.2, -0.15) is 0 Å². The summed E-state index contributed by atoms with van der Waals surface area (Å²) in [4.78, 5) is 24.1. The summed E-state index contributed by atoms with van der Waals surface area (Å²) in [6, 6.07) is 3.73. The van der Waals surface area contributed by atoms with E-state index in [1.54, 1.807) is 19.6 Å². The molecule has 1 aromatic carbocycles. The minimum Gasteiger partial charge on any atom is -0.494 e. The first kappa shape index (κ1) is 20.1. The number of carbonyl (C=O) groups is 1. The van der Waals surface area contributed by atoms with Gasteiger partial charge in [0.05, 0.1) is 25.1 Å². The van der Waals surface area contributed by atoms with Gasteiger partial charge in [-0.25, -0.2) is 9.78 Å². The fourth-order valence-electron chi connectivity index (χ4n) is 4.85. The number of methoxy groups -OCH3 is 1. The molecule has 5 rings (SSSR count). The lowest BCUT2D eigenvalue weighted by Gasteiger charge is -2.33. The van der Waals surface area contributed by atoms with Crippen LogP contribution in [0.3, 0.4) is 0 Å². The number of hydrogen-bond acceptors (Lipinski definition) is 6. The summed E-state index contributed by atoms with van der Waals surface area (Å²) < 4.78 is 16.8. The van der Waals surface area contributed by atoms with Crippen molar-refractivity contribution < 1.29 is 19.0 Å². The van der Waals surface area contributed by atoms with Gasteiger partial charge in [0.2, 0.25) is 0 Å². The maximum absolute atomic E-state index is 12.9. The van der Waals surface area contributed by atoms with Crippen molar-refractivity contribution in [2.24, 2.45) is 5.41 Å². The molecule has 4 heterocycles. The first-order chi connectivity index (χ1) is 15.2. The third kappa shape index (κ3) is 3.92. The van der Waals surface area contributed by atoms with Gasteiger partial charge in [0, 0.05) is 31.9 Å². The molecule has 8 nitrogen and oxygen atoms in total. The van der Waals surface area contributed by atoms with E-state index in [1.165, 1.54) is 0 Å². The number of amides is 2. The Kier molecular flexibility index (Phi) is 5.40. The van der Waals surface area contributed by atoms with Gasteiger partial charge in [-0.1, -0.05) is 0 Å². The minimum atomic E-state index is -0.132. The number of urea groups is 1. The highest BCUT2D eigenvalue weighted by Gasteiger charge is 2.41. The predicted octanol–water partition coefficient (Wildman–Crippen LogP) is 4.04. The number of nitrogens with one attached hydrogen (secondary N) is 1. The van der Waals surface area contributed by atoms with Gasteiger partial charge in [0.25, 0.3) is 0 Å². The first-order valence-electron chi connectivity index (χ1n) is 11.0. The lowest BCUT2D eigenvalue weighted by atomic mass is 9.80. The summed E-state index contributed by atoms with van der Waals surface area (Å²) in [7, 11) is 1.61. The van der Waals surface area contributed by atoms with Crippen LogP contribution in [-0.2, 0) is 9.47 Å². The summed E-state index contributed by atoms with van der Waals surface area (Å²) in [5.74, 6) is 1.04. The molecule has 31 heavy (non-hydrogen) atoms. The maximum atomic E-state index is 12.9. The van der Waals surface area contributed by atoms with Crippen molar-refractivity contribution in [2.75, 3.05) is 38.7 Å². The topological polar surface area (TPSA) is 85.8 Å². The van der Waals surface area contributed by atoms with Gasteiger partial charge in [0.15, 0.2) is 5.82 Å². The van der Waals surface area contributed by atoms with Crippen LogP contribution < -0.4 is 10.1 Å². The van der Waals surface area contributed by atoms with Gasteiger partial charge in [-0.05, 0) is 55.7 Å². The van der Waals surface area contributed by atoms with Gasteiger partial charge < -0.3 is 19.1 Å². The van der Waals surface area contributed by atoms with Crippen LogP contribution in [-0.4, -0.2) is 54.3 Å². The van der Waals surface area contributed by atoms with E-state index in [9.17, 15) is 4.79 Å². The SMILES string of the molecule is COc1ccc(C2CCC=CO2)c2ncc(NC(=O)N3CCC4(CCOCC4)C3)nc12. The molecule has 1 atom stereocenters. The van der Waals surface area contributed by atoms with E-state index >= 15 is 0 Å². The second-order valence-corrected chi connectivity index (χ2v) is 8.60. The van der Waals surface area contributed by atoms with E-state index in [0.29, 0.717) is 17.1 Å². The van der Waals surface area contributed by atoms with Gasteiger partial charge in [-0.3, -0.25) is 10.3 Å². The molecular formula is C23H28N4O4. The highest BCUT2D eigenvalue weighted by molar-refractivity contribution is 5.91. The van der Waals surface area contributed by atoms with Crippen molar-refractivity contribution in [1.29, 1.82) is 0 Å². The second kappa shape index (κ2) is 8.34. The fraction of sp³-hybridized carbons (Fsp3) is 0.522. The molecular weight excluding hydrogens is 396 g/mol. The Hall–Kier alpha value is -2.87. The third-order valence-electron chi connectivity index (χ3n) is 6.71. The van der Waals surface area contributed by atoms with Crippen LogP contribution in [0.1, 0.15) is 43.8 Å². The zero-order chi connectivity index (χ0) is 21.3. The molecule has 2 fully saturated rings. The Morgan fingerprint density at radius 2 is 2.13 bits per heavy atom. The quantitative estimate of drug-likeness (QED) is 0.800. The molecule has 8 heteroatoms. The van der Waals surface area contributed by atoms with Crippen LogP contribution in [0.5, 0.6) is 5.75 Å². The Balaban J connectivity index is 1.37. The molecule has 3 aliphatic rings. The smallest absolute Gasteiger partial charge is 0.323 e. The molecule has 0 saturated carbocycles. The lowest BCUT2D eigenvalue weighted by Crippen LogP contribution is -2.37. The van der Waals surface area contributed by atoms with E-state index in [2.05, 4.69) is 15.3 Å². The minimum absolute atomic E-state index is 0.0617. The molecule has 0 radical (unpaired) electrons. The van der Waals surface area contributed by atoms with Gasteiger partial charge >= 0.3 is 6.03 Å². The largest absolute Gasteiger partial charge is 0.494 e. The zero-order valence-corrected chi connectivity index (χ0v) is 17.8. The van der Waals surface area contributed by atoms with Crippen molar-refractivity contribution in [3.63, 3.8) is 0 Å². The van der Waals surface area contributed by atoms with Crippen molar-refractivity contribution in [3.8, 4) is 5.75 Å². The summed E-state index contributed by atoms with van der Waals surface area (Å²) in [6.45, 7) is 3.10. The van der Waals surface area contributed by atoms with Crippen LogP contribution in [0.15, 0.2) is 30.7 Å². The molecule has 0 bridgehead atoms. The maximum Gasteiger partial charge on any atom is 0.323 e. The molecule has 2 amide bonds. The number of carbonyl (C=O) groups excluding carboxylic acids is 1. The lowest BCUT2D eigenvalue weighted by molar-refractivity contribution is 0.0211. The van der Waals surface area contributed by atoms with Crippen LogP contribution in [0, 0.1) is 5.41 Å². The standard InChI is InChI=1S/C23H28N4O4/c1-29-18-6-5-16(17-4-2-3-11-31-17)20-21(18)25-19(14-24-20)26-22(28)27-10-7-23(15-27)8-12-30-13-9-23/h3,5-6,11,14,17H,2,4,7-10,12-13,15H2,1H3,(H,25,26,28). The average molecular weight is 425 g/mol. The number of anilines is 1. The summed E-state index contributed by atoms with van der Waals surface area (Å²) >= 11 is 0. The van der Waals surface area contributed by atoms with Crippen molar-refractivity contribution >= 4 is 22.9 Å². The molecule has 2 aromatic rings.